The maximum absolute atomic E-state index is 13.3. The Morgan fingerprint density at radius 3 is 2.68 bits per heavy atom. The largest absolute Gasteiger partial charge is 0.497 e. The van der Waals surface area contributed by atoms with Gasteiger partial charge in [-0.1, -0.05) is 17.7 Å². The SMILES string of the molecule is CNCc1cn(S(=O)(=O)c2cccnc2)c2cc(Nc3ccc(OC)cc3Cl)ccc12. The minimum atomic E-state index is -3.81. The number of methoxy groups -OCH3 is 1. The Labute approximate surface area is 185 Å². The maximum atomic E-state index is 13.3. The van der Waals surface area contributed by atoms with Crippen molar-refractivity contribution in [1.29, 1.82) is 0 Å². The topological polar surface area (TPSA) is 85.2 Å². The fourth-order valence-electron chi connectivity index (χ4n) is 3.37. The van der Waals surface area contributed by atoms with Gasteiger partial charge in [-0.2, -0.15) is 0 Å². The predicted octanol–water partition coefficient (Wildman–Crippen LogP) is 4.40. The van der Waals surface area contributed by atoms with Crippen molar-refractivity contribution >= 4 is 43.9 Å². The summed E-state index contributed by atoms with van der Waals surface area (Å²) in [4.78, 5) is 4.08. The third kappa shape index (κ3) is 4.10. The van der Waals surface area contributed by atoms with E-state index in [4.69, 9.17) is 16.3 Å². The Morgan fingerprint density at radius 1 is 1.16 bits per heavy atom. The van der Waals surface area contributed by atoms with Crippen molar-refractivity contribution in [3.8, 4) is 5.75 Å². The van der Waals surface area contributed by atoms with Crippen molar-refractivity contribution in [2.45, 2.75) is 11.4 Å². The van der Waals surface area contributed by atoms with E-state index in [2.05, 4.69) is 15.6 Å². The first-order valence-electron chi connectivity index (χ1n) is 9.49. The van der Waals surface area contributed by atoms with Gasteiger partial charge in [-0.05, 0) is 49.0 Å². The van der Waals surface area contributed by atoms with Crippen LogP contribution in [0.15, 0.2) is 72.0 Å². The first-order valence-corrected chi connectivity index (χ1v) is 11.3. The number of benzene rings is 2. The summed E-state index contributed by atoms with van der Waals surface area (Å²) in [7, 11) is -0.418. The summed E-state index contributed by atoms with van der Waals surface area (Å²) in [5.41, 5.74) is 2.82. The van der Waals surface area contributed by atoms with Crippen molar-refractivity contribution in [3.63, 3.8) is 0 Å². The second-order valence-corrected chi connectivity index (χ2v) is 9.10. The summed E-state index contributed by atoms with van der Waals surface area (Å²) < 4.78 is 33.1. The Hall–Kier alpha value is -3.07. The van der Waals surface area contributed by atoms with Gasteiger partial charge in [0, 0.05) is 42.3 Å². The second-order valence-electron chi connectivity index (χ2n) is 6.88. The molecular formula is C22H21ClN4O3S. The number of rotatable bonds is 7. The lowest BCUT2D eigenvalue weighted by molar-refractivity contribution is 0.415. The molecule has 0 aliphatic rings. The molecule has 0 amide bonds. The molecule has 9 heteroatoms. The summed E-state index contributed by atoms with van der Waals surface area (Å²) in [6, 6.07) is 14.0. The van der Waals surface area contributed by atoms with Gasteiger partial charge in [0.25, 0.3) is 10.0 Å². The van der Waals surface area contributed by atoms with E-state index in [-0.39, 0.29) is 4.90 Å². The zero-order valence-corrected chi connectivity index (χ0v) is 18.5. The molecule has 0 fully saturated rings. The fourth-order valence-corrected chi connectivity index (χ4v) is 4.93. The highest BCUT2D eigenvalue weighted by atomic mass is 35.5. The van der Waals surface area contributed by atoms with E-state index in [9.17, 15) is 8.42 Å². The fraction of sp³-hybridized carbons (Fsp3) is 0.136. The van der Waals surface area contributed by atoms with Gasteiger partial charge in [-0.3, -0.25) is 4.98 Å². The molecule has 0 unspecified atom stereocenters. The van der Waals surface area contributed by atoms with E-state index in [1.807, 2.05) is 25.2 Å². The number of halogens is 1. The quantitative estimate of drug-likeness (QED) is 0.428. The molecule has 2 N–H and O–H groups in total. The number of hydrogen-bond donors (Lipinski definition) is 2. The molecule has 7 nitrogen and oxygen atoms in total. The van der Waals surface area contributed by atoms with Gasteiger partial charge in [0.05, 0.1) is 23.3 Å². The van der Waals surface area contributed by atoms with E-state index >= 15 is 0 Å². The van der Waals surface area contributed by atoms with Crippen molar-refractivity contribution < 1.29 is 13.2 Å². The van der Waals surface area contributed by atoms with Crippen LogP contribution >= 0.6 is 11.6 Å². The Kier molecular flexibility index (Phi) is 5.86. The van der Waals surface area contributed by atoms with Crippen LogP contribution in [0.4, 0.5) is 11.4 Å². The highest BCUT2D eigenvalue weighted by Crippen LogP contribution is 2.32. The van der Waals surface area contributed by atoms with E-state index in [1.54, 1.807) is 43.8 Å². The molecule has 0 bridgehead atoms. The van der Waals surface area contributed by atoms with Crippen molar-refractivity contribution in [3.05, 3.63) is 77.7 Å². The van der Waals surface area contributed by atoms with Crippen LogP contribution in [0.5, 0.6) is 5.75 Å². The molecule has 2 aromatic carbocycles. The molecule has 2 heterocycles. The lowest BCUT2D eigenvalue weighted by Crippen LogP contribution is -2.12. The smallest absolute Gasteiger partial charge is 0.269 e. The van der Waals surface area contributed by atoms with Crippen LogP contribution < -0.4 is 15.4 Å². The predicted molar refractivity (Wildman–Crippen MR) is 123 cm³/mol. The minimum Gasteiger partial charge on any atom is -0.497 e. The van der Waals surface area contributed by atoms with Gasteiger partial charge in [0.15, 0.2) is 0 Å². The van der Waals surface area contributed by atoms with E-state index < -0.39 is 10.0 Å². The molecule has 4 rings (SSSR count). The van der Waals surface area contributed by atoms with Crippen molar-refractivity contribution in [2.24, 2.45) is 0 Å². The summed E-state index contributed by atoms with van der Waals surface area (Å²) >= 11 is 6.35. The van der Waals surface area contributed by atoms with Crippen LogP contribution in [-0.2, 0) is 16.6 Å². The lowest BCUT2D eigenvalue weighted by atomic mass is 10.1. The number of pyridine rings is 1. The number of hydrogen-bond acceptors (Lipinski definition) is 6. The van der Waals surface area contributed by atoms with Crippen LogP contribution in [0, 0.1) is 0 Å². The summed E-state index contributed by atoms with van der Waals surface area (Å²) in [6.45, 7) is 0.531. The van der Waals surface area contributed by atoms with Crippen molar-refractivity contribution in [2.75, 3.05) is 19.5 Å². The molecule has 0 aliphatic carbocycles. The molecular weight excluding hydrogens is 436 g/mol. The molecule has 0 saturated heterocycles. The van der Waals surface area contributed by atoms with Gasteiger partial charge in [-0.15, -0.1) is 0 Å². The molecule has 0 aliphatic heterocycles. The van der Waals surface area contributed by atoms with Crippen molar-refractivity contribution in [1.82, 2.24) is 14.3 Å². The van der Waals surface area contributed by atoms with Crippen LogP contribution in [0.1, 0.15) is 5.56 Å². The lowest BCUT2D eigenvalue weighted by Gasteiger charge is -2.11. The number of nitrogens with zero attached hydrogens (tertiary/aromatic N) is 2. The molecule has 0 radical (unpaired) electrons. The second kappa shape index (κ2) is 8.58. The number of fused-ring (bicyclic) bond motifs is 1. The molecule has 0 atom stereocenters. The molecule has 0 spiro atoms. The average Bonchev–Trinajstić information content (AvgIpc) is 3.14. The zero-order valence-electron chi connectivity index (χ0n) is 17.0. The normalized spacial score (nSPS) is 11.6. The van der Waals surface area contributed by atoms with Gasteiger partial charge < -0.3 is 15.4 Å². The summed E-state index contributed by atoms with van der Waals surface area (Å²) in [6.07, 6.45) is 4.53. The molecule has 2 aromatic heterocycles. The maximum Gasteiger partial charge on any atom is 0.269 e. The first kappa shape index (κ1) is 21.2. The molecule has 0 saturated carbocycles. The van der Waals surface area contributed by atoms with Gasteiger partial charge in [0.2, 0.25) is 0 Å². The minimum absolute atomic E-state index is 0.125. The van der Waals surface area contributed by atoms with Gasteiger partial charge in [-0.25, -0.2) is 12.4 Å². The molecule has 160 valence electrons. The third-order valence-corrected chi connectivity index (χ3v) is 6.84. The number of ether oxygens (including phenoxy) is 1. The van der Waals surface area contributed by atoms with Crippen LogP contribution in [0.25, 0.3) is 10.9 Å². The van der Waals surface area contributed by atoms with Gasteiger partial charge >= 0.3 is 0 Å². The summed E-state index contributed by atoms with van der Waals surface area (Å²) in [5, 5.41) is 7.67. The van der Waals surface area contributed by atoms with Gasteiger partial charge in [0.1, 0.15) is 10.6 Å². The Bertz CT molecular complexity index is 1340. The van der Waals surface area contributed by atoms with E-state index in [1.165, 1.54) is 16.2 Å². The van der Waals surface area contributed by atoms with E-state index in [0.717, 1.165) is 10.9 Å². The Balaban J connectivity index is 1.82. The number of nitrogens with one attached hydrogen (secondary N) is 2. The number of anilines is 2. The first-order chi connectivity index (χ1) is 14.9. The van der Waals surface area contributed by atoms with Crippen LogP contribution in [0.3, 0.4) is 0 Å². The zero-order chi connectivity index (χ0) is 22.0. The highest BCUT2D eigenvalue weighted by molar-refractivity contribution is 7.90. The monoisotopic (exact) mass is 456 g/mol. The molecule has 4 aromatic rings. The highest BCUT2D eigenvalue weighted by Gasteiger charge is 2.21. The van der Waals surface area contributed by atoms with E-state index in [0.29, 0.717) is 34.2 Å². The molecule has 31 heavy (non-hydrogen) atoms. The standard InChI is InChI=1S/C22H21ClN4O3S/c1-24-12-15-14-27(31(28,29)18-4-3-9-25-13-18)22-10-16(5-7-19(15)22)26-21-8-6-17(30-2)11-20(21)23/h3-11,13-14,24,26H,12H2,1-2H3. The Morgan fingerprint density at radius 2 is 2.00 bits per heavy atom. The average molecular weight is 457 g/mol. The summed E-state index contributed by atoms with van der Waals surface area (Å²) in [5.74, 6) is 0.652. The van der Waals surface area contributed by atoms with Crippen LogP contribution in [0.2, 0.25) is 5.02 Å². The third-order valence-electron chi connectivity index (χ3n) is 4.87. The number of aromatic nitrogens is 2. The van der Waals surface area contributed by atoms with Crippen LogP contribution in [-0.4, -0.2) is 31.5 Å².